The van der Waals surface area contributed by atoms with Crippen LogP contribution < -0.4 is 4.90 Å². The van der Waals surface area contributed by atoms with Crippen LogP contribution in [0.2, 0.25) is 0 Å². The topological polar surface area (TPSA) is 34.7 Å². The van der Waals surface area contributed by atoms with Gasteiger partial charge < -0.3 is 10.4 Å². The molecule has 3 rings (SSSR count). The molecule has 2 nitrogen and oxygen atoms in total. The summed E-state index contributed by atoms with van der Waals surface area (Å²) in [6, 6.07) is 17.4. The summed E-state index contributed by atoms with van der Waals surface area (Å²) in [5.41, 5.74) is 2.71. The molecule has 7 heteroatoms. The summed E-state index contributed by atoms with van der Waals surface area (Å²) in [4.78, 5) is 5.20. The van der Waals surface area contributed by atoms with Gasteiger partial charge in [0.15, 0.2) is 0 Å². The summed E-state index contributed by atoms with van der Waals surface area (Å²) in [5, 5.41) is 0. The van der Waals surface area contributed by atoms with Gasteiger partial charge in [-0.05, 0) is 30.7 Å². The van der Waals surface area contributed by atoms with Gasteiger partial charge in [0.05, 0.1) is 11.4 Å². The van der Waals surface area contributed by atoms with Crippen LogP contribution in [-0.4, -0.2) is 12.0 Å². The van der Waals surface area contributed by atoms with Crippen molar-refractivity contribution in [2.45, 2.75) is 29.6 Å². The molecule has 0 amide bonds. The first-order chi connectivity index (χ1) is 8.90. The van der Waals surface area contributed by atoms with E-state index in [0.717, 1.165) is 6.54 Å². The maximum absolute atomic E-state index is 2.46. The van der Waals surface area contributed by atoms with E-state index in [1.165, 1.54) is 34.0 Å². The first kappa shape index (κ1) is 29.2. The number of halogens is 4. The van der Waals surface area contributed by atoms with E-state index < -0.39 is 0 Å². The van der Waals surface area contributed by atoms with Crippen LogP contribution in [0.5, 0.6) is 0 Å². The fourth-order valence-electron chi connectivity index (χ4n) is 2.34. The summed E-state index contributed by atoms with van der Waals surface area (Å²) < 4.78 is 0. The molecule has 2 aromatic rings. The number of anilines is 2. The summed E-state index contributed by atoms with van der Waals surface area (Å²) in [5.74, 6) is 0. The Hall–Kier alpha value is 1.47. The molecule has 1 aliphatic heterocycles. The maximum Gasteiger partial charge on any atom is 0.0552 e. The monoisotopic (exact) mass is 785 g/mol. The van der Waals surface area contributed by atoms with E-state index >= 15 is 0 Å². The van der Waals surface area contributed by atoms with Crippen LogP contribution in [0.15, 0.2) is 58.3 Å². The molecule has 0 saturated carbocycles. The van der Waals surface area contributed by atoms with Gasteiger partial charge in [0, 0.05) is 16.3 Å². The lowest BCUT2D eigenvalue weighted by atomic mass is 10.2. The van der Waals surface area contributed by atoms with Crippen molar-refractivity contribution in [3.05, 3.63) is 48.5 Å². The molecule has 2 aromatic carbocycles. The third kappa shape index (κ3) is 6.94. The molecular formula is C16H23I4NOS. The highest BCUT2D eigenvalue weighted by molar-refractivity contribution is 14.0. The molecule has 0 saturated heterocycles. The minimum absolute atomic E-state index is 0. The predicted octanol–water partition coefficient (Wildman–Crippen LogP) is 6.74. The van der Waals surface area contributed by atoms with Crippen molar-refractivity contribution in [1.29, 1.82) is 0 Å². The SMILES string of the molecule is CCCCN1c2ccccc2Sc2ccccc21.I.I.I.I.O. The Morgan fingerprint density at radius 3 is 1.65 bits per heavy atom. The Kier molecular flexibility index (Phi) is 18.6. The van der Waals surface area contributed by atoms with Crippen LogP contribution in [0, 0.1) is 0 Å². The molecule has 1 aliphatic rings. The molecule has 0 bridgehead atoms. The molecule has 0 aromatic heterocycles. The van der Waals surface area contributed by atoms with Crippen molar-refractivity contribution in [1.82, 2.24) is 0 Å². The van der Waals surface area contributed by atoms with Gasteiger partial charge in [0.25, 0.3) is 0 Å². The predicted molar refractivity (Wildman–Crippen MR) is 144 cm³/mol. The number of hydrogen-bond donors (Lipinski definition) is 0. The first-order valence-electron chi connectivity index (χ1n) is 6.53. The molecule has 1 heterocycles. The third-order valence-electron chi connectivity index (χ3n) is 3.27. The maximum atomic E-state index is 2.46. The second kappa shape index (κ2) is 14.6. The number of rotatable bonds is 3. The van der Waals surface area contributed by atoms with E-state index in [2.05, 4.69) is 60.4 Å². The number of unbranched alkanes of at least 4 members (excludes halogenated alkanes) is 1. The highest BCUT2D eigenvalue weighted by Crippen LogP contribution is 2.47. The minimum atomic E-state index is 0. The van der Waals surface area contributed by atoms with Gasteiger partial charge in [-0.2, -0.15) is 0 Å². The average molecular weight is 785 g/mol. The van der Waals surface area contributed by atoms with Crippen molar-refractivity contribution >= 4 is 119 Å². The fraction of sp³-hybridized carbons (Fsp3) is 0.250. The van der Waals surface area contributed by atoms with Crippen LogP contribution >= 0.6 is 108 Å². The smallest absolute Gasteiger partial charge is 0.0552 e. The Balaban J connectivity index is -0.000000800. The minimum Gasteiger partial charge on any atom is -0.412 e. The highest BCUT2D eigenvalue weighted by Gasteiger charge is 2.21. The van der Waals surface area contributed by atoms with Crippen molar-refractivity contribution in [3.8, 4) is 0 Å². The van der Waals surface area contributed by atoms with Crippen molar-refractivity contribution in [2.24, 2.45) is 0 Å². The average Bonchev–Trinajstić information content (AvgIpc) is 2.43. The van der Waals surface area contributed by atoms with Crippen LogP contribution in [0.25, 0.3) is 0 Å². The second-order valence-corrected chi connectivity index (χ2v) is 5.63. The molecule has 0 spiro atoms. The van der Waals surface area contributed by atoms with Gasteiger partial charge in [-0.1, -0.05) is 49.4 Å². The Labute approximate surface area is 211 Å². The highest BCUT2D eigenvalue weighted by atomic mass is 127. The van der Waals surface area contributed by atoms with Crippen molar-refractivity contribution in [3.63, 3.8) is 0 Å². The lowest BCUT2D eigenvalue weighted by molar-refractivity contribution is 0.777. The van der Waals surface area contributed by atoms with Crippen LogP contribution in [0.4, 0.5) is 11.4 Å². The number of nitrogens with zero attached hydrogens (tertiary/aromatic N) is 1. The van der Waals surface area contributed by atoms with Crippen LogP contribution in [-0.2, 0) is 0 Å². The molecule has 0 unspecified atom stereocenters. The van der Waals surface area contributed by atoms with Crippen LogP contribution in [0.1, 0.15) is 19.8 Å². The summed E-state index contributed by atoms with van der Waals surface area (Å²) >= 11 is 1.88. The lowest BCUT2D eigenvalue weighted by Crippen LogP contribution is -2.21. The fourth-order valence-corrected chi connectivity index (χ4v) is 3.43. The van der Waals surface area contributed by atoms with Crippen molar-refractivity contribution < 1.29 is 5.48 Å². The van der Waals surface area contributed by atoms with Gasteiger partial charge in [0.1, 0.15) is 0 Å². The third-order valence-corrected chi connectivity index (χ3v) is 4.40. The second-order valence-electron chi connectivity index (χ2n) is 4.54. The van der Waals surface area contributed by atoms with Gasteiger partial charge in [-0.25, -0.2) is 0 Å². The molecule has 0 radical (unpaired) electrons. The van der Waals surface area contributed by atoms with Gasteiger partial charge in [-0.15, -0.1) is 95.9 Å². The van der Waals surface area contributed by atoms with E-state index in [1.54, 1.807) is 0 Å². The van der Waals surface area contributed by atoms with Crippen molar-refractivity contribution in [2.75, 3.05) is 11.4 Å². The molecule has 0 aliphatic carbocycles. The van der Waals surface area contributed by atoms with E-state index in [0.29, 0.717) is 0 Å². The summed E-state index contributed by atoms with van der Waals surface area (Å²) in [6.07, 6.45) is 2.46. The summed E-state index contributed by atoms with van der Waals surface area (Å²) in [6.45, 7) is 3.35. The van der Waals surface area contributed by atoms with Crippen LogP contribution in [0.3, 0.4) is 0 Å². The van der Waals surface area contributed by atoms with E-state index in [1.807, 2.05) is 11.8 Å². The Morgan fingerprint density at radius 1 is 0.783 bits per heavy atom. The van der Waals surface area contributed by atoms with E-state index in [9.17, 15) is 0 Å². The zero-order valence-electron chi connectivity index (χ0n) is 12.7. The number of hydrogen-bond acceptors (Lipinski definition) is 2. The number of para-hydroxylation sites is 2. The van der Waals surface area contributed by atoms with Gasteiger partial charge >= 0.3 is 0 Å². The van der Waals surface area contributed by atoms with E-state index in [4.69, 9.17) is 0 Å². The first-order valence-corrected chi connectivity index (χ1v) is 7.35. The molecule has 23 heavy (non-hydrogen) atoms. The molecular weight excluding hydrogens is 762 g/mol. The zero-order valence-corrected chi connectivity index (χ0v) is 22.9. The standard InChI is InChI=1S/C16H17NS.4HI.H2O/c1-2-3-12-17-13-8-4-6-10-15(13)18-16-11-7-5-9-14(16)17;;;;;/h4-11H,2-3,12H2,1H3;4*1H;1H2. The quantitative estimate of drug-likeness (QED) is 0.324. The largest absolute Gasteiger partial charge is 0.412 e. The Bertz CT molecular complexity index is 526. The molecule has 0 atom stereocenters. The number of benzene rings is 2. The summed E-state index contributed by atoms with van der Waals surface area (Å²) in [7, 11) is 0. The Morgan fingerprint density at radius 2 is 1.22 bits per heavy atom. The normalized spacial score (nSPS) is 10.2. The molecule has 132 valence electrons. The number of fused-ring (bicyclic) bond motifs is 2. The van der Waals surface area contributed by atoms with Gasteiger partial charge in [-0.3, -0.25) is 0 Å². The molecule has 2 N–H and O–H groups in total. The van der Waals surface area contributed by atoms with E-state index in [-0.39, 0.29) is 101 Å². The lowest BCUT2D eigenvalue weighted by Gasteiger charge is -2.32. The molecule has 0 fully saturated rings. The zero-order chi connectivity index (χ0) is 12.4. The van der Waals surface area contributed by atoms with Gasteiger partial charge in [0.2, 0.25) is 0 Å².